The van der Waals surface area contributed by atoms with Crippen molar-refractivity contribution in [3.05, 3.63) is 0 Å². The average Bonchev–Trinajstić information content (AvgIpc) is 1.99. The van der Waals surface area contributed by atoms with Gasteiger partial charge in [0.15, 0.2) is 0 Å². The molecule has 4 nitrogen and oxygen atoms in total. The van der Waals surface area contributed by atoms with Gasteiger partial charge in [0.1, 0.15) is 0 Å². The summed E-state index contributed by atoms with van der Waals surface area (Å²) >= 11 is 0. The summed E-state index contributed by atoms with van der Waals surface area (Å²) in [5.41, 5.74) is -0.530. The molecule has 3 saturated carbocycles. The maximum atomic E-state index is 11.8. The Morgan fingerprint density at radius 1 is 1.20 bits per heavy atom. The minimum Gasteiger partial charge on any atom is -0.466 e. The van der Waals surface area contributed by atoms with Gasteiger partial charge < -0.3 is 9.64 Å². The summed E-state index contributed by atoms with van der Waals surface area (Å²) in [6.45, 7) is 2.24. The fraction of sp³-hybridized carbons (Fsp3) is 0.818. The molecule has 4 heteroatoms. The number of carbonyl (C=O) groups excluding carboxylic acids is 2. The molecule has 0 N–H and O–H groups in total. The highest BCUT2D eigenvalue weighted by atomic mass is 16.5. The van der Waals surface area contributed by atoms with Gasteiger partial charge in [0.05, 0.1) is 17.4 Å². The lowest BCUT2D eigenvalue weighted by Crippen LogP contribution is -2.70. The molecule has 0 saturated heterocycles. The van der Waals surface area contributed by atoms with Crippen molar-refractivity contribution in [2.45, 2.75) is 26.2 Å². The van der Waals surface area contributed by atoms with Crippen LogP contribution in [0.4, 0.5) is 0 Å². The molecule has 0 atom stereocenters. The molecule has 84 valence electrons. The summed E-state index contributed by atoms with van der Waals surface area (Å²) in [6, 6.07) is 0. The van der Waals surface area contributed by atoms with E-state index >= 15 is 0 Å². The molecule has 1 amide bonds. The van der Waals surface area contributed by atoms with E-state index in [-0.39, 0.29) is 22.7 Å². The number of hydrogen-bond acceptors (Lipinski definition) is 3. The fourth-order valence-electron chi connectivity index (χ4n) is 2.99. The first-order valence-electron chi connectivity index (χ1n) is 5.35. The van der Waals surface area contributed by atoms with E-state index in [9.17, 15) is 9.59 Å². The van der Waals surface area contributed by atoms with E-state index in [0.717, 1.165) is 0 Å². The molecule has 0 spiro atoms. The van der Waals surface area contributed by atoms with E-state index in [2.05, 4.69) is 0 Å². The van der Waals surface area contributed by atoms with Crippen LogP contribution in [0.3, 0.4) is 0 Å². The van der Waals surface area contributed by atoms with Crippen molar-refractivity contribution in [1.82, 2.24) is 4.90 Å². The van der Waals surface area contributed by atoms with Crippen LogP contribution in [-0.4, -0.2) is 37.5 Å². The lowest BCUT2D eigenvalue weighted by molar-refractivity contribution is -0.228. The predicted molar refractivity (Wildman–Crippen MR) is 54.0 cm³/mol. The van der Waals surface area contributed by atoms with Crippen molar-refractivity contribution in [3.63, 3.8) is 0 Å². The third kappa shape index (κ3) is 1.20. The molecule has 15 heavy (non-hydrogen) atoms. The first-order chi connectivity index (χ1) is 6.96. The number of amides is 1. The van der Waals surface area contributed by atoms with Crippen LogP contribution in [-0.2, 0) is 14.3 Å². The Balaban J connectivity index is 1.95. The van der Waals surface area contributed by atoms with Gasteiger partial charge >= 0.3 is 5.97 Å². The van der Waals surface area contributed by atoms with E-state index < -0.39 is 0 Å². The molecule has 0 aliphatic heterocycles. The summed E-state index contributed by atoms with van der Waals surface area (Å²) < 4.78 is 5.01. The van der Waals surface area contributed by atoms with Gasteiger partial charge in [-0.3, -0.25) is 9.59 Å². The van der Waals surface area contributed by atoms with Crippen LogP contribution in [0.25, 0.3) is 0 Å². The summed E-state index contributed by atoms with van der Waals surface area (Å²) in [4.78, 5) is 25.0. The lowest BCUT2D eigenvalue weighted by atomic mass is 9.34. The van der Waals surface area contributed by atoms with Crippen molar-refractivity contribution in [2.24, 2.45) is 10.8 Å². The smallest absolute Gasteiger partial charge is 0.312 e. The first-order valence-corrected chi connectivity index (χ1v) is 5.35. The molecule has 3 fully saturated rings. The summed E-state index contributed by atoms with van der Waals surface area (Å²) in [5, 5.41) is 0. The molecule has 3 rings (SSSR count). The van der Waals surface area contributed by atoms with Gasteiger partial charge in [-0.1, -0.05) is 0 Å². The van der Waals surface area contributed by atoms with Crippen LogP contribution in [0.1, 0.15) is 26.2 Å². The SMILES string of the molecule is CCOC(=O)[C@]12C[C@](C(=O)N(C)C)(C1)C2. The van der Waals surface area contributed by atoms with E-state index in [1.54, 1.807) is 19.0 Å². The standard InChI is InChI=1S/C11H17NO3/c1-4-15-9(14)11-5-10(6-11,7-11)8(13)12(2)3/h4-7H2,1-3H3/t10-,11+. The van der Waals surface area contributed by atoms with Crippen LogP contribution in [0, 0.1) is 10.8 Å². The normalized spacial score (nSPS) is 36.2. The highest BCUT2D eigenvalue weighted by Crippen LogP contribution is 2.74. The molecular weight excluding hydrogens is 194 g/mol. The van der Waals surface area contributed by atoms with Crippen molar-refractivity contribution >= 4 is 11.9 Å². The Morgan fingerprint density at radius 2 is 1.73 bits per heavy atom. The molecule has 0 aromatic rings. The van der Waals surface area contributed by atoms with Gasteiger partial charge in [-0.05, 0) is 26.2 Å². The van der Waals surface area contributed by atoms with E-state index in [1.165, 1.54) is 0 Å². The average molecular weight is 211 g/mol. The van der Waals surface area contributed by atoms with Crippen molar-refractivity contribution < 1.29 is 14.3 Å². The third-order valence-electron chi connectivity index (χ3n) is 3.60. The van der Waals surface area contributed by atoms with Gasteiger partial charge in [-0.15, -0.1) is 0 Å². The second kappa shape index (κ2) is 2.97. The third-order valence-corrected chi connectivity index (χ3v) is 3.60. The summed E-state index contributed by atoms with van der Waals surface area (Å²) in [6.07, 6.45) is 2.07. The number of nitrogens with zero attached hydrogens (tertiary/aromatic N) is 1. The van der Waals surface area contributed by atoms with Crippen molar-refractivity contribution in [2.75, 3.05) is 20.7 Å². The van der Waals surface area contributed by atoms with Crippen LogP contribution >= 0.6 is 0 Å². The zero-order valence-corrected chi connectivity index (χ0v) is 9.50. The Kier molecular flexibility index (Phi) is 2.07. The molecule has 2 bridgehead atoms. The number of hydrogen-bond donors (Lipinski definition) is 0. The monoisotopic (exact) mass is 211 g/mol. The molecule has 0 aromatic heterocycles. The Bertz CT molecular complexity index is 302. The molecule has 3 aliphatic rings. The lowest BCUT2D eigenvalue weighted by Gasteiger charge is -2.67. The minimum absolute atomic E-state index is 0.113. The number of ether oxygens (including phenoxy) is 1. The number of esters is 1. The Morgan fingerprint density at radius 3 is 2.13 bits per heavy atom. The number of rotatable bonds is 3. The summed E-state index contributed by atoms with van der Waals surface area (Å²) in [7, 11) is 3.53. The Hall–Kier alpha value is -1.06. The molecule has 0 radical (unpaired) electrons. The van der Waals surface area contributed by atoms with Crippen LogP contribution in [0.15, 0.2) is 0 Å². The quantitative estimate of drug-likeness (QED) is 0.649. The van der Waals surface area contributed by atoms with E-state index in [0.29, 0.717) is 25.9 Å². The number of carbonyl (C=O) groups is 2. The second-order valence-electron chi connectivity index (χ2n) is 5.01. The summed E-state index contributed by atoms with van der Waals surface area (Å²) in [5.74, 6) is 0.0482. The largest absolute Gasteiger partial charge is 0.466 e. The zero-order valence-electron chi connectivity index (χ0n) is 9.50. The maximum absolute atomic E-state index is 11.8. The molecule has 3 aliphatic carbocycles. The van der Waals surface area contributed by atoms with Gasteiger partial charge in [0.2, 0.25) is 5.91 Å². The predicted octanol–water partition coefficient (Wildman–Crippen LogP) is 0.808. The van der Waals surface area contributed by atoms with Gasteiger partial charge in [0.25, 0.3) is 0 Å². The minimum atomic E-state index is -0.304. The Labute approximate surface area is 89.6 Å². The maximum Gasteiger partial charge on any atom is 0.312 e. The van der Waals surface area contributed by atoms with Crippen LogP contribution in [0.5, 0.6) is 0 Å². The fourth-order valence-corrected chi connectivity index (χ4v) is 2.99. The van der Waals surface area contributed by atoms with Crippen molar-refractivity contribution in [1.29, 1.82) is 0 Å². The van der Waals surface area contributed by atoms with Crippen LogP contribution < -0.4 is 0 Å². The van der Waals surface area contributed by atoms with E-state index in [1.807, 2.05) is 6.92 Å². The molecule has 0 heterocycles. The zero-order chi connectivity index (χ0) is 11.3. The van der Waals surface area contributed by atoms with E-state index in [4.69, 9.17) is 4.74 Å². The van der Waals surface area contributed by atoms with Gasteiger partial charge in [-0.2, -0.15) is 0 Å². The first kappa shape index (κ1) is 10.5. The van der Waals surface area contributed by atoms with Gasteiger partial charge in [-0.25, -0.2) is 0 Å². The van der Waals surface area contributed by atoms with Crippen molar-refractivity contribution in [3.8, 4) is 0 Å². The topological polar surface area (TPSA) is 46.6 Å². The van der Waals surface area contributed by atoms with Gasteiger partial charge in [0, 0.05) is 14.1 Å². The highest BCUT2D eigenvalue weighted by Gasteiger charge is 2.75. The molecule has 0 aromatic carbocycles. The highest BCUT2D eigenvalue weighted by molar-refractivity contribution is 5.93. The van der Waals surface area contributed by atoms with Crippen LogP contribution in [0.2, 0.25) is 0 Å². The molecular formula is C11H17NO3. The second-order valence-corrected chi connectivity index (χ2v) is 5.01. The molecule has 0 unspecified atom stereocenters.